The average Bonchev–Trinajstić information content (AvgIpc) is 2.97. The smallest absolute Gasteiger partial charge is 0.0484 e. The summed E-state index contributed by atoms with van der Waals surface area (Å²) in [7, 11) is 0. The first kappa shape index (κ1) is 33.1. The molecule has 5 aromatic rings. The lowest BCUT2D eigenvalue weighted by Crippen LogP contribution is -2.14. The quantitative estimate of drug-likeness (QED) is 0.206. The van der Waals surface area contributed by atoms with Gasteiger partial charge in [0.1, 0.15) is 0 Å². The summed E-state index contributed by atoms with van der Waals surface area (Å²) in [6, 6.07) is 40.6. The number of nitrogens with one attached hydrogen (secondary N) is 1. The van der Waals surface area contributed by atoms with Gasteiger partial charge in [-0.3, -0.25) is 0 Å². The van der Waals surface area contributed by atoms with Gasteiger partial charge in [0.05, 0.1) is 0 Å². The van der Waals surface area contributed by atoms with E-state index in [1.807, 2.05) is 0 Å². The highest BCUT2D eigenvalue weighted by molar-refractivity contribution is 5.84. The van der Waals surface area contributed by atoms with Crippen LogP contribution in [0, 0.1) is 13.8 Å². The van der Waals surface area contributed by atoms with Gasteiger partial charge in [-0.1, -0.05) is 122 Å². The first-order valence-electron chi connectivity index (χ1n) is 16.6. The van der Waals surface area contributed by atoms with E-state index in [4.69, 9.17) is 0 Å². The highest BCUT2D eigenvalue weighted by atomic mass is 15.1. The Kier molecular flexibility index (Phi) is 8.97. The summed E-state index contributed by atoms with van der Waals surface area (Å²) in [6.07, 6.45) is 0. The van der Waals surface area contributed by atoms with Crippen molar-refractivity contribution in [2.75, 3.05) is 10.2 Å². The van der Waals surface area contributed by atoms with Crippen molar-refractivity contribution in [2.24, 2.45) is 0 Å². The Bertz CT molecular complexity index is 1730. The van der Waals surface area contributed by atoms with Gasteiger partial charge in [0, 0.05) is 34.0 Å². The van der Waals surface area contributed by atoms with Crippen molar-refractivity contribution in [3.05, 3.63) is 137 Å². The number of rotatable bonds is 6. The van der Waals surface area contributed by atoms with Crippen molar-refractivity contribution in [2.45, 2.75) is 92.4 Å². The molecule has 0 atom stereocenters. The van der Waals surface area contributed by atoms with E-state index in [9.17, 15) is 0 Å². The topological polar surface area (TPSA) is 15.3 Å². The summed E-state index contributed by atoms with van der Waals surface area (Å²) in [6.45, 7) is 24.7. The van der Waals surface area contributed by atoms with Gasteiger partial charge >= 0.3 is 0 Å². The van der Waals surface area contributed by atoms with Crippen LogP contribution in [0.1, 0.15) is 90.1 Å². The minimum Gasteiger partial charge on any atom is -0.355 e. The Labute approximate surface area is 278 Å². The van der Waals surface area contributed by atoms with Crippen LogP contribution < -0.4 is 10.2 Å². The van der Waals surface area contributed by atoms with E-state index >= 15 is 0 Å². The summed E-state index contributed by atoms with van der Waals surface area (Å²) in [5.74, 6) is 0. The highest BCUT2D eigenvalue weighted by Crippen LogP contribution is 2.40. The second-order valence-electron chi connectivity index (χ2n) is 16.0. The molecule has 0 saturated heterocycles. The van der Waals surface area contributed by atoms with Gasteiger partial charge in [0.15, 0.2) is 0 Å². The molecule has 1 N–H and O–H groups in total. The molecule has 0 unspecified atom stereocenters. The summed E-state index contributed by atoms with van der Waals surface area (Å²) < 4.78 is 0. The third-order valence-electron chi connectivity index (χ3n) is 8.82. The number of nitrogens with zero attached hydrogens (tertiary/aromatic N) is 1. The molecule has 0 saturated carbocycles. The molecule has 2 nitrogen and oxygen atoms in total. The minimum absolute atomic E-state index is 0.0942. The molecule has 0 bridgehead atoms. The van der Waals surface area contributed by atoms with E-state index in [1.165, 1.54) is 38.9 Å². The molecule has 0 amide bonds. The standard InChI is InChI=1S/C44H52N2/c1-30-12-25-41(40(28-30)32-13-15-33(16-14-32)42(3,4)5)45-36-26-31(2)27-39(29-36)46(37-21-17-34(18-22-37)43(6,7)8)38-23-19-35(20-24-38)44(9,10)11/h12-29,45H,1-11H3. The lowest BCUT2D eigenvalue weighted by Gasteiger charge is -2.29. The molecule has 0 heterocycles. The van der Waals surface area contributed by atoms with E-state index < -0.39 is 0 Å². The zero-order valence-corrected chi connectivity index (χ0v) is 29.8. The van der Waals surface area contributed by atoms with Crippen molar-refractivity contribution >= 4 is 28.4 Å². The van der Waals surface area contributed by atoms with E-state index in [1.54, 1.807) is 0 Å². The van der Waals surface area contributed by atoms with Gasteiger partial charge in [-0.2, -0.15) is 0 Å². The van der Waals surface area contributed by atoms with Gasteiger partial charge in [-0.05, 0) is 113 Å². The minimum atomic E-state index is 0.0942. The first-order valence-corrected chi connectivity index (χ1v) is 16.6. The maximum atomic E-state index is 3.81. The van der Waals surface area contributed by atoms with Crippen LogP contribution in [0.15, 0.2) is 109 Å². The predicted molar refractivity (Wildman–Crippen MR) is 202 cm³/mol. The first-order chi connectivity index (χ1) is 21.5. The lowest BCUT2D eigenvalue weighted by molar-refractivity contribution is 0.590. The Hall–Kier alpha value is -4.30. The number of anilines is 5. The molecule has 0 aromatic heterocycles. The average molecular weight is 609 g/mol. The normalized spacial score (nSPS) is 12.2. The Balaban J connectivity index is 1.57. The molecule has 0 aliphatic heterocycles. The Morgan fingerprint density at radius 1 is 0.435 bits per heavy atom. The lowest BCUT2D eigenvalue weighted by atomic mass is 9.86. The summed E-state index contributed by atoms with van der Waals surface area (Å²) >= 11 is 0. The zero-order chi connectivity index (χ0) is 33.4. The van der Waals surface area contributed by atoms with Gasteiger partial charge in [-0.15, -0.1) is 0 Å². The molecule has 0 aliphatic carbocycles. The van der Waals surface area contributed by atoms with Crippen molar-refractivity contribution in [1.29, 1.82) is 0 Å². The number of aryl methyl sites for hydroxylation is 2. The van der Waals surface area contributed by atoms with Gasteiger partial charge in [0.25, 0.3) is 0 Å². The van der Waals surface area contributed by atoms with Crippen molar-refractivity contribution in [3.8, 4) is 11.1 Å². The molecule has 0 spiro atoms. The van der Waals surface area contributed by atoms with Crippen LogP contribution in [0.3, 0.4) is 0 Å². The van der Waals surface area contributed by atoms with Crippen LogP contribution in [-0.4, -0.2) is 0 Å². The second-order valence-corrected chi connectivity index (χ2v) is 16.0. The van der Waals surface area contributed by atoms with Crippen LogP contribution in [0.25, 0.3) is 11.1 Å². The highest BCUT2D eigenvalue weighted by Gasteiger charge is 2.20. The van der Waals surface area contributed by atoms with Crippen LogP contribution in [0.4, 0.5) is 28.4 Å². The fourth-order valence-electron chi connectivity index (χ4n) is 5.94. The van der Waals surface area contributed by atoms with Gasteiger partial charge < -0.3 is 10.2 Å². The molecular formula is C44H52N2. The van der Waals surface area contributed by atoms with Crippen LogP contribution in [0.5, 0.6) is 0 Å². The maximum absolute atomic E-state index is 3.81. The van der Waals surface area contributed by atoms with Crippen LogP contribution in [-0.2, 0) is 16.2 Å². The van der Waals surface area contributed by atoms with E-state index in [0.717, 1.165) is 28.4 Å². The Morgan fingerprint density at radius 3 is 1.35 bits per heavy atom. The molecule has 238 valence electrons. The zero-order valence-electron chi connectivity index (χ0n) is 29.8. The van der Waals surface area contributed by atoms with E-state index in [-0.39, 0.29) is 16.2 Å². The summed E-state index contributed by atoms with van der Waals surface area (Å²) in [5.41, 5.74) is 14.7. The number of hydrogen-bond donors (Lipinski definition) is 1. The third kappa shape index (κ3) is 7.56. The number of benzene rings is 5. The SMILES string of the molecule is Cc1cc(Nc2ccc(C)cc2-c2ccc(C(C)(C)C)cc2)cc(N(c2ccc(C(C)(C)C)cc2)c2ccc(C(C)(C)C)cc2)c1. The summed E-state index contributed by atoms with van der Waals surface area (Å²) in [5, 5.41) is 3.81. The third-order valence-corrected chi connectivity index (χ3v) is 8.82. The maximum Gasteiger partial charge on any atom is 0.0484 e. The van der Waals surface area contributed by atoms with Gasteiger partial charge in [-0.25, -0.2) is 0 Å². The predicted octanol–water partition coefficient (Wildman–Crippen LogP) is 13.1. The molecule has 46 heavy (non-hydrogen) atoms. The monoisotopic (exact) mass is 608 g/mol. The van der Waals surface area contributed by atoms with E-state index in [2.05, 4.69) is 196 Å². The van der Waals surface area contributed by atoms with Crippen molar-refractivity contribution < 1.29 is 0 Å². The van der Waals surface area contributed by atoms with Crippen molar-refractivity contribution in [1.82, 2.24) is 0 Å². The fourth-order valence-corrected chi connectivity index (χ4v) is 5.94. The molecular weight excluding hydrogens is 556 g/mol. The molecule has 5 rings (SSSR count). The van der Waals surface area contributed by atoms with Gasteiger partial charge in [0.2, 0.25) is 0 Å². The number of hydrogen-bond acceptors (Lipinski definition) is 2. The largest absolute Gasteiger partial charge is 0.355 e. The molecule has 0 radical (unpaired) electrons. The van der Waals surface area contributed by atoms with E-state index in [0.29, 0.717) is 0 Å². The fraction of sp³-hybridized carbons (Fsp3) is 0.318. The molecule has 0 fully saturated rings. The molecule has 0 aliphatic rings. The molecule has 2 heteroatoms. The Morgan fingerprint density at radius 2 is 0.891 bits per heavy atom. The van der Waals surface area contributed by atoms with Crippen LogP contribution in [0.2, 0.25) is 0 Å². The molecule has 5 aromatic carbocycles. The van der Waals surface area contributed by atoms with Crippen molar-refractivity contribution in [3.63, 3.8) is 0 Å². The summed E-state index contributed by atoms with van der Waals surface area (Å²) in [4.78, 5) is 2.37. The second kappa shape index (κ2) is 12.5. The van der Waals surface area contributed by atoms with Crippen LogP contribution >= 0.6 is 0 Å².